The average Bonchev–Trinajstić information content (AvgIpc) is 3.08. The first kappa shape index (κ1) is 15.0. The molecule has 0 bridgehead atoms. The monoisotopic (exact) mass is 293 g/mol. The van der Waals surface area contributed by atoms with Crippen LogP contribution in [0.1, 0.15) is 36.1 Å². The van der Waals surface area contributed by atoms with Crippen molar-refractivity contribution >= 4 is 17.2 Å². The van der Waals surface area contributed by atoms with E-state index in [4.69, 9.17) is 9.84 Å². The first-order valence-electron chi connectivity index (χ1n) is 6.83. The molecule has 1 unspecified atom stereocenters. The highest BCUT2D eigenvalue weighted by Crippen LogP contribution is 2.16. The highest BCUT2D eigenvalue weighted by molar-refractivity contribution is 7.10. The lowest BCUT2D eigenvalue weighted by Crippen LogP contribution is -2.26. The number of carbonyl (C=O) groups is 1. The van der Waals surface area contributed by atoms with E-state index in [0.717, 1.165) is 29.9 Å². The zero-order valence-corrected chi connectivity index (χ0v) is 12.2. The molecule has 1 aromatic rings. The van der Waals surface area contributed by atoms with E-state index in [1.165, 1.54) is 0 Å². The van der Waals surface area contributed by atoms with E-state index in [-0.39, 0.29) is 18.6 Å². The van der Waals surface area contributed by atoms with Gasteiger partial charge in [-0.25, -0.2) is 0 Å². The van der Waals surface area contributed by atoms with Gasteiger partial charge in [0.25, 0.3) is 0 Å². The van der Waals surface area contributed by atoms with Gasteiger partial charge < -0.3 is 15.2 Å². The first-order valence-corrected chi connectivity index (χ1v) is 7.71. The second kappa shape index (κ2) is 8.05. The minimum Gasteiger partial charge on any atom is -0.395 e. The highest BCUT2D eigenvalue weighted by atomic mass is 32.1. The molecule has 1 aromatic heterocycles. The number of nitrogens with one attached hydrogen (secondary N) is 1. The third kappa shape index (κ3) is 4.97. The summed E-state index contributed by atoms with van der Waals surface area (Å²) in [6.45, 7) is 1.40. The maximum Gasteiger partial charge on any atom is 0.222 e. The normalized spacial score (nSPS) is 17.6. The Morgan fingerprint density at radius 2 is 2.50 bits per heavy atom. The molecule has 1 aliphatic rings. The standard InChI is InChI=1S/C15H19NO3S/c17-6-2-1-4-12-8-14(20-11-12)10-16-15(18)9-13-5-3-7-19-13/h8,11,13,17H,2-3,5-7,9-10H2,(H,16,18). The summed E-state index contributed by atoms with van der Waals surface area (Å²) >= 11 is 1.58. The van der Waals surface area contributed by atoms with E-state index in [1.807, 2.05) is 11.4 Å². The number of thiophene rings is 1. The molecule has 1 amide bonds. The van der Waals surface area contributed by atoms with Gasteiger partial charge in [-0.1, -0.05) is 11.8 Å². The molecule has 0 radical (unpaired) electrons. The van der Waals surface area contributed by atoms with Gasteiger partial charge in [-0.15, -0.1) is 11.3 Å². The number of carbonyl (C=O) groups excluding carboxylic acids is 1. The molecule has 0 spiro atoms. The van der Waals surface area contributed by atoms with Gasteiger partial charge in [-0.2, -0.15) is 0 Å². The fourth-order valence-corrected chi connectivity index (χ4v) is 2.79. The SMILES string of the molecule is O=C(CC1CCCO1)NCc1cc(C#CCCO)cs1. The molecule has 108 valence electrons. The van der Waals surface area contributed by atoms with Crippen LogP contribution in [0.2, 0.25) is 0 Å². The molecule has 2 heterocycles. The summed E-state index contributed by atoms with van der Waals surface area (Å²) in [6, 6.07) is 1.97. The zero-order valence-electron chi connectivity index (χ0n) is 11.4. The summed E-state index contributed by atoms with van der Waals surface area (Å²) in [4.78, 5) is 12.8. The molecule has 0 aromatic carbocycles. The first-order chi connectivity index (χ1) is 9.78. The van der Waals surface area contributed by atoms with Crippen molar-refractivity contribution in [2.24, 2.45) is 0 Å². The summed E-state index contributed by atoms with van der Waals surface area (Å²) in [5, 5.41) is 13.5. The van der Waals surface area contributed by atoms with Crippen LogP contribution in [0.3, 0.4) is 0 Å². The second-order valence-corrected chi connectivity index (χ2v) is 5.69. The molecule has 5 heteroatoms. The van der Waals surface area contributed by atoms with Crippen molar-refractivity contribution in [2.75, 3.05) is 13.2 Å². The summed E-state index contributed by atoms with van der Waals surface area (Å²) in [7, 11) is 0. The number of amides is 1. The zero-order chi connectivity index (χ0) is 14.2. The van der Waals surface area contributed by atoms with E-state index in [0.29, 0.717) is 19.4 Å². The van der Waals surface area contributed by atoms with Crippen molar-refractivity contribution in [2.45, 2.75) is 38.3 Å². The van der Waals surface area contributed by atoms with E-state index < -0.39 is 0 Å². The van der Waals surface area contributed by atoms with E-state index in [9.17, 15) is 4.79 Å². The summed E-state index contributed by atoms with van der Waals surface area (Å²) < 4.78 is 5.44. The molecule has 20 heavy (non-hydrogen) atoms. The molecule has 2 rings (SSSR count). The van der Waals surface area contributed by atoms with Gasteiger partial charge in [-0.05, 0) is 18.9 Å². The van der Waals surface area contributed by atoms with Crippen molar-refractivity contribution in [3.8, 4) is 11.8 Å². The predicted octanol–water partition coefficient (Wildman–Crippen LogP) is 1.67. The Balaban J connectivity index is 1.73. The Morgan fingerprint density at radius 1 is 1.60 bits per heavy atom. The van der Waals surface area contributed by atoms with Crippen LogP contribution in [-0.2, 0) is 16.1 Å². The largest absolute Gasteiger partial charge is 0.395 e. The van der Waals surface area contributed by atoms with Crippen molar-refractivity contribution < 1.29 is 14.6 Å². The van der Waals surface area contributed by atoms with Crippen LogP contribution < -0.4 is 5.32 Å². The summed E-state index contributed by atoms with van der Waals surface area (Å²) in [6.07, 6.45) is 3.08. The molecule has 4 nitrogen and oxygen atoms in total. The van der Waals surface area contributed by atoms with Crippen LogP contribution >= 0.6 is 11.3 Å². The minimum absolute atomic E-state index is 0.0400. The predicted molar refractivity (Wildman–Crippen MR) is 78.3 cm³/mol. The van der Waals surface area contributed by atoms with Crippen molar-refractivity contribution in [1.29, 1.82) is 0 Å². The van der Waals surface area contributed by atoms with E-state index in [1.54, 1.807) is 11.3 Å². The van der Waals surface area contributed by atoms with Gasteiger partial charge >= 0.3 is 0 Å². The summed E-state index contributed by atoms with van der Waals surface area (Å²) in [5.74, 6) is 5.90. The molecule has 0 aliphatic carbocycles. The number of aliphatic hydroxyl groups excluding tert-OH is 1. The fourth-order valence-electron chi connectivity index (χ4n) is 2.03. The third-order valence-corrected chi connectivity index (χ3v) is 3.96. The molecule has 1 atom stereocenters. The lowest BCUT2D eigenvalue weighted by atomic mass is 10.2. The molecule has 1 aliphatic heterocycles. The minimum atomic E-state index is 0.0400. The van der Waals surface area contributed by atoms with Gasteiger partial charge in [0.1, 0.15) is 0 Å². The Morgan fingerprint density at radius 3 is 3.25 bits per heavy atom. The van der Waals surface area contributed by atoms with Crippen LogP contribution in [0.25, 0.3) is 0 Å². The van der Waals surface area contributed by atoms with Crippen LogP contribution in [0, 0.1) is 11.8 Å². The lowest BCUT2D eigenvalue weighted by molar-refractivity contribution is -0.123. The van der Waals surface area contributed by atoms with E-state index in [2.05, 4.69) is 17.2 Å². The number of hydrogen-bond acceptors (Lipinski definition) is 4. The van der Waals surface area contributed by atoms with Crippen LogP contribution in [0.4, 0.5) is 0 Å². The van der Waals surface area contributed by atoms with Crippen molar-refractivity contribution in [1.82, 2.24) is 5.32 Å². The molecule has 0 saturated carbocycles. The number of rotatable bonds is 5. The highest BCUT2D eigenvalue weighted by Gasteiger charge is 2.18. The quantitative estimate of drug-likeness (QED) is 0.812. The molecule has 1 fully saturated rings. The molecule has 2 N–H and O–H groups in total. The van der Waals surface area contributed by atoms with Crippen LogP contribution in [-0.4, -0.2) is 30.3 Å². The smallest absolute Gasteiger partial charge is 0.222 e. The van der Waals surface area contributed by atoms with Gasteiger partial charge in [0.05, 0.1) is 25.7 Å². The maximum atomic E-state index is 11.7. The maximum absolute atomic E-state index is 11.7. The van der Waals surface area contributed by atoms with Gasteiger partial charge in [0.2, 0.25) is 5.91 Å². The Kier molecular flexibility index (Phi) is 6.06. The van der Waals surface area contributed by atoms with Gasteiger partial charge in [-0.3, -0.25) is 4.79 Å². The van der Waals surface area contributed by atoms with Crippen molar-refractivity contribution in [3.05, 3.63) is 21.9 Å². The topological polar surface area (TPSA) is 58.6 Å². The number of ether oxygens (including phenoxy) is 1. The third-order valence-electron chi connectivity index (χ3n) is 3.02. The fraction of sp³-hybridized carbons (Fsp3) is 0.533. The van der Waals surface area contributed by atoms with Gasteiger partial charge in [0.15, 0.2) is 0 Å². The Hall–Kier alpha value is -1.35. The van der Waals surface area contributed by atoms with Crippen LogP contribution in [0.5, 0.6) is 0 Å². The lowest BCUT2D eigenvalue weighted by Gasteiger charge is -2.08. The molecular weight excluding hydrogens is 274 g/mol. The molecule has 1 saturated heterocycles. The van der Waals surface area contributed by atoms with Crippen molar-refractivity contribution in [3.63, 3.8) is 0 Å². The summed E-state index contributed by atoms with van der Waals surface area (Å²) in [5.41, 5.74) is 0.937. The van der Waals surface area contributed by atoms with Crippen LogP contribution in [0.15, 0.2) is 11.4 Å². The number of hydrogen-bond donors (Lipinski definition) is 2. The van der Waals surface area contributed by atoms with Gasteiger partial charge in [0, 0.05) is 28.8 Å². The average molecular weight is 293 g/mol. The second-order valence-electron chi connectivity index (χ2n) is 4.69. The molecular formula is C15H19NO3S. The Labute approximate surface area is 123 Å². The van der Waals surface area contributed by atoms with E-state index >= 15 is 0 Å². The Bertz CT molecular complexity index is 495. The number of aliphatic hydroxyl groups is 1.